The number of benzene rings is 2. The molecule has 0 atom stereocenters. The van der Waals surface area contributed by atoms with Gasteiger partial charge in [-0.15, -0.1) is 10.2 Å². The van der Waals surface area contributed by atoms with E-state index in [1.54, 1.807) is 11.8 Å². The van der Waals surface area contributed by atoms with E-state index in [0.717, 1.165) is 22.5 Å². The highest BCUT2D eigenvalue weighted by Gasteiger charge is 2.11. The van der Waals surface area contributed by atoms with Crippen LogP contribution in [0.2, 0.25) is 0 Å². The van der Waals surface area contributed by atoms with Crippen molar-refractivity contribution < 1.29 is 4.74 Å². The van der Waals surface area contributed by atoms with Crippen LogP contribution in [-0.4, -0.2) is 14.8 Å². The van der Waals surface area contributed by atoms with Crippen LogP contribution in [0.15, 0.2) is 47.6 Å². The van der Waals surface area contributed by atoms with Gasteiger partial charge in [0.15, 0.2) is 11.0 Å². The fourth-order valence-electron chi connectivity index (χ4n) is 2.67. The standard InChI is InChI=1S/C20H23N3OS/c1-14-9-15(2)11-18(10-14)24-12-19-21-22-20(23(19)4)25-13-17-8-6-5-7-16(17)3/h5-11H,12-13H2,1-4H3. The van der Waals surface area contributed by atoms with E-state index >= 15 is 0 Å². The molecule has 2 aromatic carbocycles. The molecule has 0 N–H and O–H groups in total. The Hall–Kier alpha value is -2.27. The van der Waals surface area contributed by atoms with Crippen molar-refractivity contribution in [2.45, 2.75) is 38.3 Å². The van der Waals surface area contributed by atoms with Crippen molar-refractivity contribution in [1.29, 1.82) is 0 Å². The molecule has 0 aliphatic heterocycles. The molecule has 130 valence electrons. The van der Waals surface area contributed by atoms with Gasteiger partial charge in [0, 0.05) is 12.8 Å². The third-order valence-electron chi connectivity index (χ3n) is 4.11. The highest BCUT2D eigenvalue weighted by Crippen LogP contribution is 2.23. The third kappa shape index (κ3) is 4.42. The Morgan fingerprint density at radius 2 is 1.72 bits per heavy atom. The van der Waals surface area contributed by atoms with Gasteiger partial charge < -0.3 is 9.30 Å². The Kier molecular flexibility index (Phi) is 5.43. The summed E-state index contributed by atoms with van der Waals surface area (Å²) in [6.07, 6.45) is 0. The van der Waals surface area contributed by atoms with Crippen LogP contribution in [-0.2, 0) is 19.4 Å². The van der Waals surface area contributed by atoms with E-state index in [4.69, 9.17) is 4.74 Å². The summed E-state index contributed by atoms with van der Waals surface area (Å²) < 4.78 is 7.90. The number of hydrogen-bond donors (Lipinski definition) is 0. The molecule has 25 heavy (non-hydrogen) atoms. The predicted octanol–water partition coefficient (Wildman–Crippen LogP) is 4.61. The van der Waals surface area contributed by atoms with Crippen molar-refractivity contribution in [2.24, 2.45) is 7.05 Å². The number of ether oxygens (including phenoxy) is 1. The first-order chi connectivity index (χ1) is 12.0. The molecule has 0 radical (unpaired) electrons. The predicted molar refractivity (Wildman–Crippen MR) is 102 cm³/mol. The number of hydrogen-bond acceptors (Lipinski definition) is 4. The minimum atomic E-state index is 0.414. The van der Waals surface area contributed by atoms with E-state index in [1.807, 2.05) is 23.7 Å². The van der Waals surface area contributed by atoms with E-state index in [-0.39, 0.29) is 0 Å². The first kappa shape index (κ1) is 17.5. The minimum Gasteiger partial charge on any atom is -0.486 e. The number of rotatable bonds is 6. The van der Waals surface area contributed by atoms with Crippen LogP contribution in [0, 0.1) is 20.8 Å². The molecule has 0 spiro atoms. The van der Waals surface area contributed by atoms with Crippen molar-refractivity contribution in [3.63, 3.8) is 0 Å². The summed E-state index contributed by atoms with van der Waals surface area (Å²) in [6.45, 7) is 6.69. The molecule has 0 bridgehead atoms. The molecule has 1 aromatic heterocycles. The number of aromatic nitrogens is 3. The molecule has 3 rings (SSSR count). The van der Waals surface area contributed by atoms with Gasteiger partial charge >= 0.3 is 0 Å². The molecule has 0 fully saturated rings. The fraction of sp³-hybridized carbons (Fsp3) is 0.300. The Bertz CT molecular complexity index is 853. The van der Waals surface area contributed by atoms with E-state index in [9.17, 15) is 0 Å². The third-order valence-corrected chi connectivity index (χ3v) is 5.18. The normalized spacial score (nSPS) is 10.9. The molecule has 0 unspecified atom stereocenters. The van der Waals surface area contributed by atoms with E-state index in [0.29, 0.717) is 6.61 Å². The lowest BCUT2D eigenvalue weighted by Crippen LogP contribution is -2.04. The van der Waals surface area contributed by atoms with Crippen LogP contribution in [0.1, 0.15) is 28.1 Å². The Labute approximate surface area is 153 Å². The molecule has 3 aromatic rings. The maximum Gasteiger partial charge on any atom is 0.191 e. The van der Waals surface area contributed by atoms with Gasteiger partial charge in [0.25, 0.3) is 0 Å². The number of thioether (sulfide) groups is 1. The molecule has 0 saturated carbocycles. The zero-order valence-electron chi connectivity index (χ0n) is 15.1. The largest absolute Gasteiger partial charge is 0.486 e. The summed E-state index contributed by atoms with van der Waals surface area (Å²) in [6, 6.07) is 14.6. The SMILES string of the molecule is Cc1cc(C)cc(OCc2nnc(SCc3ccccc3C)n2C)c1. The summed E-state index contributed by atoms with van der Waals surface area (Å²) in [5.74, 6) is 2.58. The van der Waals surface area contributed by atoms with E-state index < -0.39 is 0 Å². The Morgan fingerprint density at radius 1 is 1.00 bits per heavy atom. The van der Waals surface area contributed by atoms with Gasteiger partial charge in [0.1, 0.15) is 12.4 Å². The number of nitrogens with zero attached hydrogens (tertiary/aromatic N) is 3. The topological polar surface area (TPSA) is 39.9 Å². The smallest absolute Gasteiger partial charge is 0.191 e. The zero-order chi connectivity index (χ0) is 17.8. The lowest BCUT2D eigenvalue weighted by Gasteiger charge is -2.08. The summed E-state index contributed by atoms with van der Waals surface area (Å²) >= 11 is 1.70. The van der Waals surface area contributed by atoms with E-state index in [2.05, 4.69) is 61.3 Å². The monoisotopic (exact) mass is 353 g/mol. The summed E-state index contributed by atoms with van der Waals surface area (Å²) in [7, 11) is 1.99. The van der Waals surface area contributed by atoms with Gasteiger partial charge in [-0.25, -0.2) is 0 Å². The van der Waals surface area contributed by atoms with Gasteiger partial charge in [0.2, 0.25) is 0 Å². The van der Waals surface area contributed by atoms with Crippen LogP contribution < -0.4 is 4.74 Å². The minimum absolute atomic E-state index is 0.414. The molecule has 0 amide bonds. The summed E-state index contributed by atoms with van der Waals surface area (Å²) in [5.41, 5.74) is 5.02. The molecule has 0 aliphatic carbocycles. The molecular formula is C20H23N3OS. The van der Waals surface area contributed by atoms with Gasteiger partial charge in [-0.1, -0.05) is 42.1 Å². The Balaban J connectivity index is 1.64. The van der Waals surface area contributed by atoms with Crippen LogP contribution in [0.3, 0.4) is 0 Å². The van der Waals surface area contributed by atoms with Crippen molar-refractivity contribution in [3.05, 3.63) is 70.5 Å². The fourth-order valence-corrected chi connectivity index (χ4v) is 3.68. The molecule has 1 heterocycles. The lowest BCUT2D eigenvalue weighted by molar-refractivity contribution is 0.290. The summed E-state index contributed by atoms with van der Waals surface area (Å²) in [5, 5.41) is 9.49. The van der Waals surface area contributed by atoms with Crippen molar-refractivity contribution in [2.75, 3.05) is 0 Å². The highest BCUT2D eigenvalue weighted by atomic mass is 32.2. The maximum absolute atomic E-state index is 5.90. The Morgan fingerprint density at radius 3 is 2.44 bits per heavy atom. The molecule has 0 saturated heterocycles. The second kappa shape index (κ2) is 7.74. The molecule has 0 aliphatic rings. The molecular weight excluding hydrogens is 330 g/mol. The van der Waals surface area contributed by atoms with Crippen LogP contribution in [0.25, 0.3) is 0 Å². The van der Waals surface area contributed by atoms with Gasteiger partial charge in [-0.2, -0.15) is 0 Å². The van der Waals surface area contributed by atoms with Crippen LogP contribution in [0.4, 0.5) is 0 Å². The first-order valence-electron chi connectivity index (χ1n) is 8.29. The van der Waals surface area contributed by atoms with Gasteiger partial charge in [-0.3, -0.25) is 0 Å². The molecule has 4 nitrogen and oxygen atoms in total. The molecule has 5 heteroatoms. The van der Waals surface area contributed by atoms with Crippen molar-refractivity contribution >= 4 is 11.8 Å². The van der Waals surface area contributed by atoms with Crippen LogP contribution in [0.5, 0.6) is 5.75 Å². The van der Waals surface area contributed by atoms with Gasteiger partial charge in [-0.05, 0) is 55.2 Å². The number of aryl methyl sites for hydroxylation is 3. The maximum atomic E-state index is 5.90. The highest BCUT2D eigenvalue weighted by molar-refractivity contribution is 7.98. The van der Waals surface area contributed by atoms with Crippen LogP contribution >= 0.6 is 11.8 Å². The van der Waals surface area contributed by atoms with Crippen molar-refractivity contribution in [3.8, 4) is 5.75 Å². The van der Waals surface area contributed by atoms with Gasteiger partial charge in [0.05, 0.1) is 0 Å². The van der Waals surface area contributed by atoms with Crippen molar-refractivity contribution in [1.82, 2.24) is 14.8 Å². The lowest BCUT2D eigenvalue weighted by atomic mass is 10.1. The average molecular weight is 353 g/mol. The second-order valence-corrected chi connectivity index (χ2v) is 7.23. The first-order valence-corrected chi connectivity index (χ1v) is 9.28. The quantitative estimate of drug-likeness (QED) is 0.607. The zero-order valence-corrected chi connectivity index (χ0v) is 15.9. The average Bonchev–Trinajstić information content (AvgIpc) is 2.91. The second-order valence-electron chi connectivity index (χ2n) is 6.29. The summed E-state index contributed by atoms with van der Waals surface area (Å²) in [4.78, 5) is 0. The van der Waals surface area contributed by atoms with E-state index in [1.165, 1.54) is 22.3 Å².